The van der Waals surface area contributed by atoms with Crippen LogP contribution in [0.4, 0.5) is 0 Å². The second-order valence-corrected chi connectivity index (χ2v) is 20.1. The summed E-state index contributed by atoms with van der Waals surface area (Å²) in [6.45, 7) is 5.23. The summed E-state index contributed by atoms with van der Waals surface area (Å²) in [5.41, 5.74) is 2.15. The van der Waals surface area contributed by atoms with Crippen LogP contribution in [-0.2, 0) is 70.3 Å². The van der Waals surface area contributed by atoms with Crippen molar-refractivity contribution in [1.82, 2.24) is 5.32 Å². The van der Waals surface area contributed by atoms with Crippen LogP contribution in [0, 0.1) is 5.92 Å². The van der Waals surface area contributed by atoms with Crippen molar-refractivity contribution in [2.24, 2.45) is 5.92 Å². The van der Waals surface area contributed by atoms with E-state index in [1.807, 2.05) is 74.5 Å². The van der Waals surface area contributed by atoms with Gasteiger partial charge in [-0.2, -0.15) is 0 Å². The number of esters is 6. The van der Waals surface area contributed by atoms with E-state index in [1.54, 1.807) is 97.9 Å². The van der Waals surface area contributed by atoms with E-state index in [9.17, 15) is 33.6 Å². The maximum Gasteiger partial charge on any atom is 0.338 e. The van der Waals surface area contributed by atoms with Crippen LogP contribution in [0.1, 0.15) is 140 Å². The van der Waals surface area contributed by atoms with Crippen molar-refractivity contribution >= 4 is 41.7 Å². The average molecular weight is 1110 g/mol. The van der Waals surface area contributed by atoms with Crippen LogP contribution >= 0.6 is 0 Å². The number of unbranched alkanes of at least 4 members (excludes halogenated alkanes) is 6. The van der Waals surface area contributed by atoms with Crippen LogP contribution in [0.15, 0.2) is 164 Å². The third-order valence-electron chi connectivity index (χ3n) is 13.3. The van der Waals surface area contributed by atoms with Gasteiger partial charge in [-0.05, 0) is 98.9 Å². The Labute approximate surface area is 474 Å². The lowest BCUT2D eigenvalue weighted by molar-refractivity contribution is -0.312. The fourth-order valence-electron chi connectivity index (χ4n) is 8.78. The molecule has 0 bridgehead atoms. The molecule has 1 aliphatic heterocycles. The first-order chi connectivity index (χ1) is 39.3. The summed E-state index contributed by atoms with van der Waals surface area (Å²) in [5, 5.41) is 2.73. The number of rotatable bonds is 32. The van der Waals surface area contributed by atoms with Crippen molar-refractivity contribution in [3.63, 3.8) is 0 Å². The smallest absolute Gasteiger partial charge is 0.338 e. The van der Waals surface area contributed by atoms with Crippen molar-refractivity contribution in [2.45, 2.75) is 154 Å². The molecule has 0 saturated carbocycles. The molecule has 1 aliphatic rings. The van der Waals surface area contributed by atoms with Crippen molar-refractivity contribution in [3.8, 4) is 0 Å². The lowest BCUT2D eigenvalue weighted by atomic mass is 9.96. The molecule has 7 atom stereocenters. The number of hydrogen-bond acceptors (Lipinski definition) is 15. The number of hydrogen-bond donors (Lipinski definition) is 1. The Morgan fingerprint density at radius 2 is 0.938 bits per heavy atom. The quantitative estimate of drug-likeness (QED) is 0.0184. The number of carbonyl (C=O) groups excluding carboxylic acids is 7. The number of carbonyl (C=O) groups is 7. The molecule has 0 aliphatic carbocycles. The predicted octanol–water partition coefficient (Wildman–Crippen LogP) is 11.2. The predicted molar refractivity (Wildman–Crippen MR) is 301 cm³/mol. The highest BCUT2D eigenvalue weighted by Gasteiger charge is 2.54. The summed E-state index contributed by atoms with van der Waals surface area (Å²) in [6, 6.07) is 42.2. The van der Waals surface area contributed by atoms with Crippen LogP contribution in [-0.4, -0.2) is 91.2 Å². The number of amides is 1. The Morgan fingerprint density at radius 3 is 1.44 bits per heavy atom. The lowest BCUT2D eigenvalue weighted by Gasteiger charge is -2.45. The van der Waals surface area contributed by atoms with Crippen molar-refractivity contribution in [2.75, 3.05) is 6.61 Å². The molecule has 16 nitrogen and oxygen atoms in total. The molecular formula is C65H75NO15. The molecule has 5 aromatic carbocycles. The molecular weight excluding hydrogens is 1030 g/mol. The van der Waals surface area contributed by atoms with Gasteiger partial charge in [-0.15, -0.1) is 0 Å². The summed E-state index contributed by atoms with van der Waals surface area (Å²) >= 11 is 0. The highest BCUT2D eigenvalue weighted by Crippen LogP contribution is 2.34. The first-order valence-electron chi connectivity index (χ1n) is 27.9. The number of nitrogens with one attached hydrogen (secondary N) is 1. The monoisotopic (exact) mass is 1110 g/mol. The summed E-state index contributed by atoms with van der Waals surface area (Å²) in [5.74, 6) is -4.59. The van der Waals surface area contributed by atoms with Crippen LogP contribution in [0.25, 0.3) is 0 Å². The topological polar surface area (TPSA) is 205 Å². The largest absolute Gasteiger partial charge is 0.463 e. The summed E-state index contributed by atoms with van der Waals surface area (Å²) in [4.78, 5) is 93.0. The van der Waals surface area contributed by atoms with Gasteiger partial charge in [0.25, 0.3) is 0 Å². The minimum Gasteiger partial charge on any atom is -0.463 e. The minimum atomic E-state index is -1.58. The molecule has 1 N–H and O–H groups in total. The second kappa shape index (κ2) is 34.3. The van der Waals surface area contributed by atoms with Gasteiger partial charge in [0.05, 0.1) is 35.6 Å². The second-order valence-electron chi connectivity index (χ2n) is 20.1. The molecule has 5 aromatic rings. The summed E-state index contributed by atoms with van der Waals surface area (Å²) < 4.78 is 48.5. The van der Waals surface area contributed by atoms with Gasteiger partial charge in [0.15, 0.2) is 24.6 Å². The van der Waals surface area contributed by atoms with Gasteiger partial charge in [0, 0.05) is 6.42 Å². The van der Waals surface area contributed by atoms with Gasteiger partial charge in [0.2, 0.25) is 5.91 Å². The van der Waals surface area contributed by atoms with Crippen LogP contribution < -0.4 is 5.32 Å². The van der Waals surface area contributed by atoms with Gasteiger partial charge in [-0.25, -0.2) is 19.2 Å². The van der Waals surface area contributed by atoms with Gasteiger partial charge in [0.1, 0.15) is 32.0 Å². The van der Waals surface area contributed by atoms with Crippen LogP contribution in [0.2, 0.25) is 0 Å². The molecule has 81 heavy (non-hydrogen) atoms. The SMILES string of the molecule is CC(C)[C@H](CCCCC/C=C/CCCCCC(=O)N[C@@H](C)C(=O)OCc1ccccc1)O[C@@H]1O[C@H](COC(=O)CCC(=O)OCc2ccccc2)[C@@H](OC(=O)c2ccccc2)[C@H](OC(=O)c2ccccc2)[C@H]1OC(=O)c1ccccc1. The average Bonchev–Trinajstić information content (AvgIpc) is 3.56. The molecule has 16 heteroatoms. The van der Waals surface area contributed by atoms with E-state index in [-0.39, 0.29) is 54.6 Å². The number of ether oxygens (including phenoxy) is 8. The van der Waals surface area contributed by atoms with Crippen LogP contribution in [0.5, 0.6) is 0 Å². The first kappa shape index (κ1) is 62.3. The van der Waals surface area contributed by atoms with Crippen molar-refractivity contribution in [3.05, 3.63) is 192 Å². The zero-order chi connectivity index (χ0) is 57.6. The number of benzene rings is 5. The highest BCUT2D eigenvalue weighted by atomic mass is 16.7. The fraction of sp³-hybridized carbons (Fsp3) is 0.400. The van der Waals surface area contributed by atoms with Crippen LogP contribution in [0.3, 0.4) is 0 Å². The maximum atomic E-state index is 14.1. The maximum absolute atomic E-state index is 14.1. The van der Waals surface area contributed by atoms with Gasteiger partial charge < -0.3 is 43.2 Å². The molecule has 0 radical (unpaired) electrons. The molecule has 1 fully saturated rings. The van der Waals surface area contributed by atoms with Crippen molar-refractivity contribution < 1.29 is 71.5 Å². The molecule has 1 saturated heterocycles. The van der Waals surface area contributed by atoms with E-state index in [0.29, 0.717) is 19.3 Å². The highest BCUT2D eigenvalue weighted by molar-refractivity contribution is 5.91. The van der Waals surface area contributed by atoms with Crippen molar-refractivity contribution in [1.29, 1.82) is 0 Å². The Morgan fingerprint density at radius 1 is 0.494 bits per heavy atom. The molecule has 0 unspecified atom stereocenters. The minimum absolute atomic E-state index is 0.0295. The van der Waals surface area contributed by atoms with Gasteiger partial charge in [-0.3, -0.25) is 14.4 Å². The van der Waals surface area contributed by atoms with Gasteiger partial charge >= 0.3 is 35.8 Å². The normalized spacial score (nSPS) is 17.5. The van der Waals surface area contributed by atoms with E-state index >= 15 is 0 Å². The molecule has 0 aromatic heterocycles. The molecule has 430 valence electrons. The molecule has 0 spiro atoms. The standard InChI is InChI=1S/C65H75NO15/c1-46(2)53(39-27-10-8-6-4-5-7-9-11-28-40-55(67)66-47(3)61(70)76-44-49-31-19-13-20-32-49)77-65-60(81-64(73)52-37-25-16-26-38-52)59(80-63(72)51-35-23-15-24-36-51)58(79-62(71)50-33-21-14-22-34-50)54(78-65)45-75-57(69)42-41-56(68)74-43-48-29-17-12-18-30-48/h4-5,12-26,29-38,46-47,53-54,58-60,65H,6-11,27-28,39-45H2,1-3H3,(H,66,67)/b5-4+/t47-,53-,54+,58+,59-,60+,65+/m0/s1. The van der Waals surface area contributed by atoms with E-state index < -0.39 is 85.3 Å². The zero-order valence-electron chi connectivity index (χ0n) is 46.4. The van der Waals surface area contributed by atoms with E-state index in [2.05, 4.69) is 17.5 Å². The summed E-state index contributed by atoms with van der Waals surface area (Å²) in [7, 11) is 0. The number of allylic oxidation sites excluding steroid dienone is 2. The summed E-state index contributed by atoms with van der Waals surface area (Å²) in [6.07, 6.45) is 3.45. The first-order valence-corrected chi connectivity index (χ1v) is 27.9. The zero-order valence-corrected chi connectivity index (χ0v) is 46.4. The third-order valence-corrected chi connectivity index (χ3v) is 13.3. The molecule has 1 heterocycles. The Kier molecular flexibility index (Phi) is 26.3. The Bertz CT molecular complexity index is 2740. The Hall–Kier alpha value is -7.95. The van der Waals surface area contributed by atoms with E-state index in [4.69, 9.17) is 37.9 Å². The molecule has 1 amide bonds. The lowest BCUT2D eigenvalue weighted by Crippen LogP contribution is -2.63. The van der Waals surface area contributed by atoms with Gasteiger partial charge in [-0.1, -0.05) is 161 Å². The molecule has 6 rings (SSSR count). The Balaban J connectivity index is 1.09. The fourth-order valence-corrected chi connectivity index (χ4v) is 8.78. The van der Waals surface area contributed by atoms with E-state index in [0.717, 1.165) is 56.1 Å². The third kappa shape index (κ3) is 21.9. The van der Waals surface area contributed by atoms with E-state index in [1.165, 1.54) is 0 Å².